The van der Waals surface area contributed by atoms with Crippen LogP contribution in [0.3, 0.4) is 0 Å². The molecule has 0 spiro atoms. The first-order valence-electron chi connectivity index (χ1n) is 5.45. The number of urea groups is 3. The van der Waals surface area contributed by atoms with Gasteiger partial charge in [-0.15, -0.1) is 0 Å². The van der Waals surface area contributed by atoms with E-state index in [4.69, 9.17) is 11.5 Å². The Morgan fingerprint density at radius 3 is 1.89 bits per heavy atom. The van der Waals surface area contributed by atoms with Gasteiger partial charge in [0.15, 0.2) is 0 Å². The lowest BCUT2D eigenvalue weighted by Gasteiger charge is -2.17. The van der Waals surface area contributed by atoms with Gasteiger partial charge in [-0.05, 0) is 13.8 Å². The van der Waals surface area contributed by atoms with Gasteiger partial charge >= 0.3 is 18.1 Å². The van der Waals surface area contributed by atoms with Crippen LogP contribution in [-0.4, -0.2) is 43.3 Å². The van der Waals surface area contributed by atoms with E-state index >= 15 is 0 Å². The fourth-order valence-corrected chi connectivity index (χ4v) is 1.12. The third-order valence-electron chi connectivity index (χ3n) is 1.92. The number of nitrogens with two attached hydrogens (primary N) is 2. The summed E-state index contributed by atoms with van der Waals surface area (Å²) in [6.45, 7) is 3.88. The Morgan fingerprint density at radius 1 is 0.889 bits per heavy atom. The lowest BCUT2D eigenvalue weighted by molar-refractivity contribution is 0.232. The van der Waals surface area contributed by atoms with Crippen LogP contribution in [-0.2, 0) is 0 Å². The second-order valence-electron chi connectivity index (χ2n) is 3.91. The topological polar surface area (TPSA) is 151 Å². The standard InChI is InChI=1S/C9H20N6O3/c1-5(14-8(11)17)4-13-9(18)15-6(2)3-12-7(10)16/h5-6H,3-4H2,1-2H3,(H3,10,12,16)(H3,11,14,17)(H2,13,15,18)/t5?,6-/m0/s1. The highest BCUT2D eigenvalue weighted by atomic mass is 16.2. The van der Waals surface area contributed by atoms with Gasteiger partial charge in [-0.2, -0.15) is 0 Å². The highest BCUT2D eigenvalue weighted by Gasteiger charge is 2.09. The molecule has 104 valence electrons. The van der Waals surface area contributed by atoms with Crippen molar-refractivity contribution in [1.82, 2.24) is 21.3 Å². The van der Waals surface area contributed by atoms with Crippen LogP contribution in [0.2, 0.25) is 0 Å². The molecule has 0 rings (SSSR count). The van der Waals surface area contributed by atoms with E-state index in [1.165, 1.54) is 0 Å². The molecule has 1 unspecified atom stereocenters. The zero-order chi connectivity index (χ0) is 14.1. The minimum absolute atomic E-state index is 0.234. The van der Waals surface area contributed by atoms with Crippen molar-refractivity contribution in [3.8, 4) is 0 Å². The molecule has 0 bridgehead atoms. The monoisotopic (exact) mass is 260 g/mol. The second kappa shape index (κ2) is 7.98. The van der Waals surface area contributed by atoms with E-state index < -0.39 is 18.1 Å². The van der Waals surface area contributed by atoms with Crippen molar-refractivity contribution in [2.24, 2.45) is 11.5 Å². The summed E-state index contributed by atoms with van der Waals surface area (Å²) < 4.78 is 0. The first kappa shape index (κ1) is 15.8. The summed E-state index contributed by atoms with van der Waals surface area (Å²) in [5.41, 5.74) is 9.80. The lowest BCUT2D eigenvalue weighted by Crippen LogP contribution is -2.50. The molecule has 6 amide bonds. The normalized spacial score (nSPS) is 13.0. The highest BCUT2D eigenvalue weighted by Crippen LogP contribution is 1.81. The van der Waals surface area contributed by atoms with Crippen LogP contribution in [0.1, 0.15) is 13.8 Å². The molecule has 2 atom stereocenters. The van der Waals surface area contributed by atoms with E-state index in [2.05, 4.69) is 21.3 Å². The number of carbonyl (C=O) groups excluding carboxylic acids is 3. The molecule has 0 radical (unpaired) electrons. The molecule has 0 fully saturated rings. The van der Waals surface area contributed by atoms with E-state index in [1.54, 1.807) is 13.8 Å². The van der Waals surface area contributed by atoms with Crippen LogP contribution < -0.4 is 32.7 Å². The maximum atomic E-state index is 11.4. The molecule has 0 aliphatic heterocycles. The Morgan fingerprint density at radius 2 is 1.39 bits per heavy atom. The van der Waals surface area contributed by atoms with Crippen LogP contribution in [0.25, 0.3) is 0 Å². The van der Waals surface area contributed by atoms with Crippen molar-refractivity contribution in [2.75, 3.05) is 13.1 Å². The predicted molar refractivity (Wildman–Crippen MR) is 65.8 cm³/mol. The molecule has 0 aliphatic carbocycles. The maximum absolute atomic E-state index is 11.4. The zero-order valence-corrected chi connectivity index (χ0v) is 10.4. The van der Waals surface area contributed by atoms with E-state index in [0.717, 1.165) is 0 Å². The first-order valence-corrected chi connectivity index (χ1v) is 5.45. The van der Waals surface area contributed by atoms with Crippen molar-refractivity contribution in [3.05, 3.63) is 0 Å². The maximum Gasteiger partial charge on any atom is 0.315 e. The van der Waals surface area contributed by atoms with Gasteiger partial charge in [0.25, 0.3) is 0 Å². The third-order valence-corrected chi connectivity index (χ3v) is 1.92. The van der Waals surface area contributed by atoms with Crippen molar-refractivity contribution in [3.63, 3.8) is 0 Å². The van der Waals surface area contributed by atoms with Crippen molar-refractivity contribution >= 4 is 18.1 Å². The van der Waals surface area contributed by atoms with Crippen LogP contribution >= 0.6 is 0 Å². The first-order chi connectivity index (χ1) is 8.31. The lowest BCUT2D eigenvalue weighted by atomic mass is 10.3. The molecule has 8 N–H and O–H groups in total. The smallest absolute Gasteiger partial charge is 0.315 e. The second-order valence-corrected chi connectivity index (χ2v) is 3.91. The summed E-state index contributed by atoms with van der Waals surface area (Å²) in [6, 6.07) is -2.25. The molecule has 0 saturated carbocycles. The summed E-state index contributed by atoms with van der Waals surface area (Å²) in [5, 5.41) is 9.90. The predicted octanol–water partition coefficient (Wildman–Crippen LogP) is -1.60. The van der Waals surface area contributed by atoms with Gasteiger partial charge in [0.05, 0.1) is 0 Å². The van der Waals surface area contributed by atoms with Gasteiger partial charge in [0.2, 0.25) is 0 Å². The Hall–Kier alpha value is -2.19. The minimum Gasteiger partial charge on any atom is -0.352 e. The van der Waals surface area contributed by atoms with Gasteiger partial charge in [-0.1, -0.05) is 0 Å². The van der Waals surface area contributed by atoms with E-state index in [1.807, 2.05) is 0 Å². The van der Waals surface area contributed by atoms with Crippen molar-refractivity contribution in [1.29, 1.82) is 0 Å². The Balaban J connectivity index is 3.76. The SMILES string of the molecule is CC(CNC(=O)N[C@@H](C)CNC(N)=O)NC(N)=O. The quantitative estimate of drug-likeness (QED) is 0.341. The molecule has 0 aliphatic rings. The van der Waals surface area contributed by atoms with E-state index in [9.17, 15) is 14.4 Å². The van der Waals surface area contributed by atoms with Gasteiger partial charge in [-0.25, -0.2) is 14.4 Å². The summed E-state index contributed by atoms with van der Waals surface area (Å²) in [6.07, 6.45) is 0. The van der Waals surface area contributed by atoms with Gasteiger partial charge in [-0.3, -0.25) is 0 Å². The Bertz CT molecular complexity index is 309. The fourth-order valence-electron chi connectivity index (χ4n) is 1.12. The molecule has 0 heterocycles. The molecule has 9 nitrogen and oxygen atoms in total. The van der Waals surface area contributed by atoms with E-state index in [0.29, 0.717) is 0 Å². The minimum atomic E-state index is -0.650. The van der Waals surface area contributed by atoms with Gasteiger partial charge in [0.1, 0.15) is 0 Å². The van der Waals surface area contributed by atoms with Gasteiger partial charge < -0.3 is 32.7 Å². The summed E-state index contributed by atoms with van der Waals surface area (Å²) >= 11 is 0. The molecule has 0 aromatic carbocycles. The third kappa shape index (κ3) is 9.07. The van der Waals surface area contributed by atoms with Gasteiger partial charge in [0, 0.05) is 25.2 Å². The number of rotatable bonds is 6. The number of hydrogen-bond acceptors (Lipinski definition) is 3. The molecule has 9 heteroatoms. The number of carbonyl (C=O) groups is 3. The molecule has 0 aromatic rings. The average Bonchev–Trinajstić information content (AvgIpc) is 2.22. The molecular weight excluding hydrogens is 240 g/mol. The number of nitrogens with one attached hydrogen (secondary N) is 4. The largest absolute Gasteiger partial charge is 0.352 e. The number of hydrogen-bond donors (Lipinski definition) is 6. The number of primary amides is 2. The molecular formula is C9H20N6O3. The summed E-state index contributed by atoms with van der Waals surface area (Å²) in [5.74, 6) is 0. The molecule has 0 aromatic heterocycles. The van der Waals surface area contributed by atoms with Crippen LogP contribution in [0.15, 0.2) is 0 Å². The molecule has 18 heavy (non-hydrogen) atoms. The Kier molecular flexibility index (Phi) is 7.01. The highest BCUT2D eigenvalue weighted by molar-refractivity contribution is 5.75. The molecule has 0 saturated heterocycles. The zero-order valence-electron chi connectivity index (χ0n) is 10.4. The number of amides is 6. The van der Waals surface area contributed by atoms with Crippen LogP contribution in [0, 0.1) is 0 Å². The van der Waals surface area contributed by atoms with Crippen LogP contribution in [0.4, 0.5) is 14.4 Å². The fraction of sp³-hybridized carbons (Fsp3) is 0.667. The summed E-state index contributed by atoms with van der Waals surface area (Å²) in [7, 11) is 0. The van der Waals surface area contributed by atoms with Crippen LogP contribution in [0.5, 0.6) is 0 Å². The van der Waals surface area contributed by atoms with E-state index in [-0.39, 0.29) is 25.2 Å². The van der Waals surface area contributed by atoms with Crippen molar-refractivity contribution in [2.45, 2.75) is 25.9 Å². The Labute approximate surface area is 105 Å². The van der Waals surface area contributed by atoms with Crippen molar-refractivity contribution < 1.29 is 14.4 Å². The summed E-state index contributed by atoms with van der Waals surface area (Å²) in [4.78, 5) is 32.3. The average molecular weight is 260 g/mol.